The van der Waals surface area contributed by atoms with E-state index in [9.17, 15) is 4.79 Å². The number of halogens is 1. The average molecular weight is 190 g/mol. The first-order chi connectivity index (χ1) is 5.38. The first-order valence-corrected chi connectivity index (χ1v) is 3.87. The van der Waals surface area contributed by atoms with Crippen molar-refractivity contribution in [2.45, 2.75) is 12.8 Å². The molecule has 0 bridgehead atoms. The van der Waals surface area contributed by atoms with Crippen LogP contribution in [0.3, 0.4) is 0 Å². The maximum Gasteiger partial charge on any atom is 0.267 e. The van der Waals surface area contributed by atoms with Gasteiger partial charge in [0.2, 0.25) is 0 Å². The first-order valence-electron chi connectivity index (χ1n) is 3.87. The van der Waals surface area contributed by atoms with E-state index in [2.05, 4.69) is 15.5 Å². The van der Waals surface area contributed by atoms with Gasteiger partial charge in [-0.05, 0) is 13.0 Å². The van der Waals surface area contributed by atoms with E-state index in [0.717, 1.165) is 37.2 Å². The molecule has 1 aromatic rings. The third kappa shape index (κ3) is 1.54. The summed E-state index contributed by atoms with van der Waals surface area (Å²) < 4.78 is 0. The summed E-state index contributed by atoms with van der Waals surface area (Å²) >= 11 is 0. The van der Waals surface area contributed by atoms with E-state index in [0.29, 0.717) is 0 Å². The molecule has 1 aliphatic heterocycles. The van der Waals surface area contributed by atoms with E-state index in [1.807, 2.05) is 0 Å². The lowest BCUT2D eigenvalue weighted by atomic mass is 10.2. The first kappa shape index (κ1) is 9.35. The van der Waals surface area contributed by atoms with Gasteiger partial charge in [-0.15, -0.1) is 12.4 Å². The Hall–Kier alpha value is -0.740. The van der Waals surface area contributed by atoms with Crippen molar-refractivity contribution in [2.75, 3.05) is 13.1 Å². The summed E-state index contributed by atoms with van der Waals surface area (Å²) in [7, 11) is 0. The maximum atomic E-state index is 11.1. The quantitative estimate of drug-likeness (QED) is 0.530. The fourth-order valence-electron chi connectivity index (χ4n) is 1.45. The highest BCUT2D eigenvalue weighted by Gasteiger charge is 2.11. The normalized spacial score (nSPS) is 16.0. The molecule has 2 heterocycles. The van der Waals surface area contributed by atoms with E-state index >= 15 is 0 Å². The van der Waals surface area contributed by atoms with Crippen molar-refractivity contribution < 1.29 is 0 Å². The van der Waals surface area contributed by atoms with Crippen LogP contribution in [0.2, 0.25) is 0 Å². The molecule has 2 rings (SSSR count). The number of rotatable bonds is 0. The standard InChI is InChI=1S/C7H11N3O.ClH/c11-7-5-1-3-8-4-2-6(5)9-10-7;/h8H,1-4H2,(H2,9,10,11);1H. The number of nitrogens with one attached hydrogen (secondary N) is 3. The molecule has 0 aromatic carbocycles. The van der Waals surface area contributed by atoms with Crippen molar-refractivity contribution in [1.82, 2.24) is 15.5 Å². The Labute approximate surface area is 76.1 Å². The fraction of sp³-hybridized carbons (Fsp3) is 0.571. The minimum atomic E-state index is 0. The van der Waals surface area contributed by atoms with Gasteiger partial charge in [0, 0.05) is 24.2 Å². The lowest BCUT2D eigenvalue weighted by Gasteiger charge is -1.93. The van der Waals surface area contributed by atoms with Crippen LogP contribution in [0.1, 0.15) is 11.3 Å². The average Bonchev–Trinajstić information content (AvgIpc) is 2.25. The largest absolute Gasteiger partial charge is 0.316 e. The van der Waals surface area contributed by atoms with Crippen molar-refractivity contribution in [2.24, 2.45) is 0 Å². The van der Waals surface area contributed by atoms with Crippen molar-refractivity contribution in [3.05, 3.63) is 21.6 Å². The Kier molecular flexibility index (Phi) is 2.94. The number of hydrogen-bond donors (Lipinski definition) is 3. The fourth-order valence-corrected chi connectivity index (χ4v) is 1.45. The van der Waals surface area contributed by atoms with Crippen molar-refractivity contribution in [3.63, 3.8) is 0 Å². The molecule has 4 nitrogen and oxygen atoms in total. The van der Waals surface area contributed by atoms with Crippen LogP contribution < -0.4 is 10.9 Å². The molecule has 0 aliphatic carbocycles. The molecule has 1 aliphatic rings. The molecule has 0 unspecified atom stereocenters. The molecular weight excluding hydrogens is 178 g/mol. The van der Waals surface area contributed by atoms with Crippen LogP contribution in [-0.2, 0) is 12.8 Å². The summed E-state index contributed by atoms with van der Waals surface area (Å²) in [4.78, 5) is 11.1. The monoisotopic (exact) mass is 189 g/mol. The minimum absolute atomic E-state index is 0. The molecular formula is C7H12ClN3O. The highest BCUT2D eigenvalue weighted by Crippen LogP contribution is 2.03. The zero-order valence-corrected chi connectivity index (χ0v) is 7.46. The Morgan fingerprint density at radius 1 is 1.08 bits per heavy atom. The van der Waals surface area contributed by atoms with E-state index in [1.165, 1.54) is 0 Å². The van der Waals surface area contributed by atoms with Gasteiger partial charge < -0.3 is 10.4 Å². The van der Waals surface area contributed by atoms with Crippen LogP contribution in [-0.4, -0.2) is 23.3 Å². The molecule has 0 atom stereocenters. The van der Waals surface area contributed by atoms with Gasteiger partial charge in [0.25, 0.3) is 5.56 Å². The zero-order chi connectivity index (χ0) is 7.68. The molecule has 0 saturated heterocycles. The maximum absolute atomic E-state index is 11.1. The van der Waals surface area contributed by atoms with Gasteiger partial charge in [0.1, 0.15) is 0 Å². The van der Waals surface area contributed by atoms with Gasteiger partial charge in [-0.3, -0.25) is 9.89 Å². The SMILES string of the molecule is Cl.O=c1[nH][nH]c2c1CCNCC2. The highest BCUT2D eigenvalue weighted by molar-refractivity contribution is 5.85. The second kappa shape index (κ2) is 3.78. The van der Waals surface area contributed by atoms with Gasteiger partial charge in [0.05, 0.1) is 0 Å². The third-order valence-corrected chi connectivity index (χ3v) is 2.07. The molecule has 5 heteroatoms. The van der Waals surface area contributed by atoms with Crippen LogP contribution in [0.4, 0.5) is 0 Å². The number of H-pyrrole nitrogens is 2. The Balaban J connectivity index is 0.000000720. The second-order valence-corrected chi connectivity index (χ2v) is 2.79. The van der Waals surface area contributed by atoms with Crippen LogP contribution >= 0.6 is 12.4 Å². The molecule has 0 saturated carbocycles. The van der Waals surface area contributed by atoms with E-state index in [-0.39, 0.29) is 18.0 Å². The minimum Gasteiger partial charge on any atom is -0.316 e. The van der Waals surface area contributed by atoms with Crippen molar-refractivity contribution in [1.29, 1.82) is 0 Å². The van der Waals surface area contributed by atoms with Gasteiger partial charge in [-0.1, -0.05) is 0 Å². The molecule has 0 fully saturated rings. The molecule has 3 N–H and O–H groups in total. The zero-order valence-electron chi connectivity index (χ0n) is 6.64. The summed E-state index contributed by atoms with van der Waals surface area (Å²) in [5, 5.41) is 8.72. The number of fused-ring (bicyclic) bond motifs is 1. The number of aromatic amines is 2. The molecule has 0 spiro atoms. The van der Waals surface area contributed by atoms with Crippen molar-refractivity contribution >= 4 is 12.4 Å². The van der Waals surface area contributed by atoms with Crippen LogP contribution in [0.25, 0.3) is 0 Å². The molecule has 1 aromatic heterocycles. The molecule has 0 radical (unpaired) electrons. The van der Waals surface area contributed by atoms with E-state index in [1.54, 1.807) is 0 Å². The van der Waals surface area contributed by atoms with E-state index < -0.39 is 0 Å². The lowest BCUT2D eigenvalue weighted by molar-refractivity contribution is 0.701. The van der Waals surface area contributed by atoms with Gasteiger partial charge >= 0.3 is 0 Å². The second-order valence-electron chi connectivity index (χ2n) is 2.79. The summed E-state index contributed by atoms with van der Waals surface area (Å²) in [6.45, 7) is 1.87. The summed E-state index contributed by atoms with van der Waals surface area (Å²) in [6.07, 6.45) is 1.77. The molecule has 68 valence electrons. The predicted molar refractivity (Wildman–Crippen MR) is 48.9 cm³/mol. The van der Waals surface area contributed by atoms with E-state index in [4.69, 9.17) is 0 Å². The summed E-state index contributed by atoms with van der Waals surface area (Å²) in [5.41, 5.74) is 2.04. The Bertz CT molecular complexity index is 304. The van der Waals surface area contributed by atoms with Gasteiger partial charge in [-0.2, -0.15) is 0 Å². The van der Waals surface area contributed by atoms with Crippen LogP contribution in [0.15, 0.2) is 4.79 Å². The number of hydrogen-bond acceptors (Lipinski definition) is 2. The lowest BCUT2D eigenvalue weighted by Crippen LogP contribution is -2.18. The Morgan fingerprint density at radius 2 is 1.83 bits per heavy atom. The summed E-state index contributed by atoms with van der Waals surface area (Å²) in [6, 6.07) is 0. The molecule has 12 heavy (non-hydrogen) atoms. The third-order valence-electron chi connectivity index (χ3n) is 2.07. The van der Waals surface area contributed by atoms with Crippen LogP contribution in [0.5, 0.6) is 0 Å². The smallest absolute Gasteiger partial charge is 0.267 e. The topological polar surface area (TPSA) is 60.7 Å². The number of aromatic nitrogens is 2. The summed E-state index contributed by atoms with van der Waals surface area (Å²) in [5.74, 6) is 0. The predicted octanol–water partition coefficient (Wildman–Crippen LogP) is -0.187. The van der Waals surface area contributed by atoms with Crippen molar-refractivity contribution in [3.8, 4) is 0 Å². The highest BCUT2D eigenvalue weighted by atomic mass is 35.5. The molecule has 0 amide bonds. The van der Waals surface area contributed by atoms with Gasteiger partial charge in [0.15, 0.2) is 0 Å². The van der Waals surface area contributed by atoms with Crippen LogP contribution in [0, 0.1) is 0 Å². The van der Waals surface area contributed by atoms with Gasteiger partial charge in [-0.25, -0.2) is 0 Å². The Morgan fingerprint density at radius 3 is 2.67 bits per heavy atom.